The molecule has 0 saturated carbocycles. The van der Waals surface area contributed by atoms with Gasteiger partial charge >= 0.3 is 0 Å². The van der Waals surface area contributed by atoms with Gasteiger partial charge in [-0.15, -0.1) is 0 Å². The van der Waals surface area contributed by atoms with Gasteiger partial charge in [0, 0.05) is 0 Å². The number of phenolic OH excluding ortho intramolecular Hbond substituents is 1. The fourth-order valence-corrected chi connectivity index (χ4v) is 1.60. The summed E-state index contributed by atoms with van der Waals surface area (Å²) in [7, 11) is 0. The Bertz CT molecular complexity index is 422. The number of benzene rings is 1. The van der Waals surface area contributed by atoms with Crippen LogP contribution >= 0.6 is 0 Å². The molecule has 0 radical (unpaired) electrons. The second kappa shape index (κ2) is 5.44. The first-order valence-corrected chi connectivity index (χ1v) is 5.57. The Balaban J connectivity index is 0.000000181. The van der Waals surface area contributed by atoms with Gasteiger partial charge in [0.25, 0.3) is 0 Å². The number of hydrogen-bond donors (Lipinski definition) is 1. The summed E-state index contributed by atoms with van der Waals surface area (Å²) in [4.78, 5) is 0. The molecular formula is C13H17N3O. The Kier molecular flexibility index (Phi) is 4.22. The molecule has 0 amide bonds. The van der Waals surface area contributed by atoms with E-state index in [2.05, 4.69) is 30.1 Å². The molecule has 4 heteroatoms. The average Bonchev–Trinajstić information content (AvgIpc) is 2.27. The molecule has 1 aliphatic rings. The van der Waals surface area contributed by atoms with Gasteiger partial charge in [0.2, 0.25) is 0 Å². The van der Waals surface area contributed by atoms with Gasteiger partial charge < -0.3 is 5.11 Å². The van der Waals surface area contributed by atoms with E-state index in [0.29, 0.717) is 11.7 Å². The fraction of sp³-hybridized carbons (Fsp3) is 0.462. The van der Waals surface area contributed by atoms with Crippen LogP contribution in [0.2, 0.25) is 0 Å². The van der Waals surface area contributed by atoms with E-state index in [9.17, 15) is 0 Å². The Hall–Kier alpha value is -1.89. The lowest BCUT2D eigenvalue weighted by molar-refractivity contribution is 0.274. The van der Waals surface area contributed by atoms with E-state index in [0.717, 1.165) is 0 Å². The standard InChI is InChI=1S/C7H11N3.C6H6O/c1-5(2)6-7(3,4-8)10-9-6;7-6-4-2-1-3-5-6/h5-6H,1-3H3;1-5,7H. The molecule has 17 heavy (non-hydrogen) atoms. The number of nitriles is 1. The Labute approximate surface area is 102 Å². The summed E-state index contributed by atoms with van der Waals surface area (Å²) in [5.74, 6) is 0.740. The molecule has 1 aromatic carbocycles. The Morgan fingerprint density at radius 3 is 2.12 bits per heavy atom. The second-order valence-electron chi connectivity index (χ2n) is 4.50. The van der Waals surface area contributed by atoms with E-state index in [1.54, 1.807) is 24.3 Å². The number of aromatic hydroxyl groups is 1. The van der Waals surface area contributed by atoms with E-state index < -0.39 is 5.54 Å². The monoisotopic (exact) mass is 231 g/mol. The zero-order chi connectivity index (χ0) is 12.9. The molecule has 2 rings (SSSR count). The van der Waals surface area contributed by atoms with Gasteiger partial charge in [-0.2, -0.15) is 15.5 Å². The van der Waals surface area contributed by atoms with Crippen molar-refractivity contribution in [1.82, 2.24) is 0 Å². The molecule has 2 atom stereocenters. The number of azo groups is 1. The summed E-state index contributed by atoms with van der Waals surface area (Å²) < 4.78 is 0. The number of hydrogen-bond acceptors (Lipinski definition) is 4. The van der Waals surface area contributed by atoms with Crippen molar-refractivity contribution in [2.24, 2.45) is 16.1 Å². The number of nitrogens with zero attached hydrogens (tertiary/aromatic N) is 3. The molecule has 1 aliphatic heterocycles. The van der Waals surface area contributed by atoms with E-state index in [1.165, 1.54) is 0 Å². The van der Waals surface area contributed by atoms with Crippen molar-refractivity contribution >= 4 is 0 Å². The lowest BCUT2D eigenvalue weighted by Gasteiger charge is -2.33. The minimum atomic E-state index is -0.534. The predicted molar refractivity (Wildman–Crippen MR) is 65.6 cm³/mol. The summed E-state index contributed by atoms with van der Waals surface area (Å²) >= 11 is 0. The predicted octanol–water partition coefficient (Wildman–Crippen LogP) is 3.15. The van der Waals surface area contributed by atoms with Crippen LogP contribution in [0.1, 0.15) is 20.8 Å². The largest absolute Gasteiger partial charge is 0.508 e. The minimum Gasteiger partial charge on any atom is -0.508 e. The van der Waals surface area contributed by atoms with E-state index >= 15 is 0 Å². The highest BCUT2D eigenvalue weighted by molar-refractivity contribution is 5.18. The average molecular weight is 231 g/mol. The lowest BCUT2D eigenvalue weighted by atomic mass is 9.85. The van der Waals surface area contributed by atoms with Crippen LogP contribution < -0.4 is 0 Å². The van der Waals surface area contributed by atoms with Crippen molar-refractivity contribution in [1.29, 1.82) is 5.26 Å². The van der Waals surface area contributed by atoms with Crippen molar-refractivity contribution < 1.29 is 5.11 Å². The summed E-state index contributed by atoms with van der Waals surface area (Å²) in [6.45, 7) is 5.93. The summed E-state index contributed by atoms with van der Waals surface area (Å²) in [6, 6.07) is 11.0. The topological polar surface area (TPSA) is 68.7 Å². The number of phenols is 1. The van der Waals surface area contributed by atoms with Gasteiger partial charge in [-0.3, -0.25) is 0 Å². The third kappa shape index (κ3) is 3.28. The van der Waals surface area contributed by atoms with E-state index in [1.807, 2.05) is 13.0 Å². The summed E-state index contributed by atoms with van der Waals surface area (Å²) in [6.07, 6.45) is 0. The zero-order valence-corrected chi connectivity index (χ0v) is 10.3. The minimum absolute atomic E-state index is 0.109. The van der Waals surface area contributed by atoms with Crippen LogP contribution in [0.5, 0.6) is 5.75 Å². The third-order valence-corrected chi connectivity index (χ3v) is 2.58. The van der Waals surface area contributed by atoms with Crippen LogP contribution in [0, 0.1) is 17.2 Å². The molecule has 2 unspecified atom stereocenters. The van der Waals surface area contributed by atoms with Crippen LogP contribution in [-0.2, 0) is 0 Å². The quantitative estimate of drug-likeness (QED) is 0.806. The first-order chi connectivity index (χ1) is 7.99. The maximum Gasteiger partial charge on any atom is 0.188 e. The van der Waals surface area contributed by atoms with Gasteiger partial charge in [-0.1, -0.05) is 32.0 Å². The molecule has 0 bridgehead atoms. The highest BCUT2D eigenvalue weighted by Crippen LogP contribution is 2.32. The number of para-hydroxylation sites is 1. The van der Waals surface area contributed by atoms with Gasteiger partial charge in [0.15, 0.2) is 5.54 Å². The molecule has 1 N–H and O–H groups in total. The SMILES string of the molecule is CC(C)C1N=NC1(C)C#N.Oc1ccccc1. The maximum atomic E-state index is 8.66. The number of rotatable bonds is 1. The maximum absolute atomic E-state index is 8.66. The Morgan fingerprint density at radius 2 is 1.94 bits per heavy atom. The van der Waals surface area contributed by atoms with Crippen molar-refractivity contribution in [2.75, 3.05) is 0 Å². The van der Waals surface area contributed by atoms with E-state index in [4.69, 9.17) is 10.4 Å². The molecular weight excluding hydrogens is 214 g/mol. The van der Waals surface area contributed by atoms with Crippen molar-refractivity contribution in [2.45, 2.75) is 32.4 Å². The normalized spacial score (nSPS) is 25.5. The molecule has 1 aromatic rings. The van der Waals surface area contributed by atoms with Crippen LogP contribution in [-0.4, -0.2) is 16.7 Å². The smallest absolute Gasteiger partial charge is 0.188 e. The van der Waals surface area contributed by atoms with Crippen molar-refractivity contribution in [3.8, 4) is 11.8 Å². The summed E-state index contributed by atoms with van der Waals surface area (Å²) in [5, 5.41) is 25.0. The molecule has 0 saturated heterocycles. The van der Waals surface area contributed by atoms with Crippen LogP contribution in [0.3, 0.4) is 0 Å². The second-order valence-corrected chi connectivity index (χ2v) is 4.50. The summed E-state index contributed by atoms with van der Waals surface area (Å²) in [5.41, 5.74) is -0.534. The van der Waals surface area contributed by atoms with Crippen molar-refractivity contribution in [3.63, 3.8) is 0 Å². The van der Waals surface area contributed by atoms with E-state index in [-0.39, 0.29) is 6.04 Å². The van der Waals surface area contributed by atoms with Gasteiger partial charge in [-0.25, -0.2) is 0 Å². The highest BCUT2D eigenvalue weighted by Gasteiger charge is 2.43. The van der Waals surface area contributed by atoms with Gasteiger partial charge in [0.05, 0.1) is 6.07 Å². The van der Waals surface area contributed by atoms with Crippen LogP contribution in [0.15, 0.2) is 40.6 Å². The van der Waals surface area contributed by atoms with Gasteiger partial charge in [0.1, 0.15) is 11.8 Å². The fourth-order valence-electron chi connectivity index (χ4n) is 1.60. The van der Waals surface area contributed by atoms with Crippen molar-refractivity contribution in [3.05, 3.63) is 30.3 Å². The highest BCUT2D eigenvalue weighted by atomic mass is 16.3. The molecule has 0 fully saturated rings. The molecule has 0 aliphatic carbocycles. The third-order valence-electron chi connectivity index (χ3n) is 2.58. The first-order valence-electron chi connectivity index (χ1n) is 5.57. The van der Waals surface area contributed by atoms with Gasteiger partial charge in [-0.05, 0) is 25.0 Å². The first kappa shape index (κ1) is 13.2. The van der Waals surface area contributed by atoms with Crippen LogP contribution in [0.4, 0.5) is 0 Å². The molecule has 0 aromatic heterocycles. The molecule has 4 nitrogen and oxygen atoms in total. The molecule has 90 valence electrons. The van der Waals surface area contributed by atoms with Crippen LogP contribution in [0.25, 0.3) is 0 Å². The zero-order valence-electron chi connectivity index (χ0n) is 10.3. The molecule has 1 heterocycles. The Morgan fingerprint density at radius 1 is 1.35 bits per heavy atom. The lowest BCUT2D eigenvalue weighted by Crippen LogP contribution is -2.44. The molecule has 0 spiro atoms.